The number of amides is 3. The van der Waals surface area contributed by atoms with E-state index in [2.05, 4.69) is 26.3 Å². The Morgan fingerprint density at radius 1 is 1.05 bits per heavy atom. The van der Waals surface area contributed by atoms with E-state index in [0.29, 0.717) is 38.0 Å². The summed E-state index contributed by atoms with van der Waals surface area (Å²) in [4.78, 5) is 54.7. The maximum absolute atomic E-state index is 13.5. The Labute approximate surface area is 232 Å². The Morgan fingerprint density at radius 3 is 2.49 bits per heavy atom. The van der Waals surface area contributed by atoms with Crippen LogP contribution in [0.4, 0.5) is 0 Å². The van der Waals surface area contributed by atoms with Crippen LogP contribution in [0.15, 0.2) is 30.5 Å². The Kier molecular flexibility index (Phi) is 12.1. The predicted molar refractivity (Wildman–Crippen MR) is 152 cm³/mol. The van der Waals surface area contributed by atoms with Crippen LogP contribution in [-0.2, 0) is 25.6 Å². The number of para-hydroxylation sites is 1. The summed E-state index contributed by atoms with van der Waals surface area (Å²) in [5.74, 6) is -1.91. The van der Waals surface area contributed by atoms with Crippen molar-refractivity contribution in [3.8, 4) is 0 Å². The highest BCUT2D eigenvalue weighted by molar-refractivity contribution is 7.98. The number of fused-ring (bicyclic) bond motifs is 1. The Balaban J connectivity index is 1.81. The molecule has 1 fully saturated rings. The highest BCUT2D eigenvalue weighted by atomic mass is 32.2. The van der Waals surface area contributed by atoms with Gasteiger partial charge in [0.15, 0.2) is 0 Å². The average Bonchev–Trinajstić information content (AvgIpc) is 3.61. The van der Waals surface area contributed by atoms with Gasteiger partial charge >= 0.3 is 5.97 Å². The molecule has 2 heterocycles. The van der Waals surface area contributed by atoms with E-state index in [4.69, 9.17) is 5.73 Å². The Morgan fingerprint density at radius 2 is 1.79 bits per heavy atom. The molecule has 214 valence electrons. The minimum Gasteiger partial charge on any atom is -0.480 e. The van der Waals surface area contributed by atoms with Crippen molar-refractivity contribution in [1.29, 1.82) is 0 Å². The third-order valence-electron chi connectivity index (χ3n) is 6.91. The van der Waals surface area contributed by atoms with Gasteiger partial charge in [-0.05, 0) is 75.3 Å². The SMILES string of the molecule is CSCCC(NC(=O)C(Cc1c[nH]c2ccccc12)NC(=O)C(CCCCN)NC(=O)C1CCCN1)C(=O)O. The maximum atomic E-state index is 13.5. The van der Waals surface area contributed by atoms with Gasteiger partial charge in [0.1, 0.15) is 18.1 Å². The van der Waals surface area contributed by atoms with Crippen LogP contribution in [0.25, 0.3) is 10.9 Å². The number of rotatable bonds is 16. The molecule has 11 nitrogen and oxygen atoms in total. The molecular formula is C27H40N6O5S. The van der Waals surface area contributed by atoms with Gasteiger partial charge in [0.25, 0.3) is 0 Å². The van der Waals surface area contributed by atoms with Gasteiger partial charge in [-0.25, -0.2) is 4.79 Å². The lowest BCUT2D eigenvalue weighted by molar-refractivity contribution is -0.142. The lowest BCUT2D eigenvalue weighted by atomic mass is 10.0. The van der Waals surface area contributed by atoms with Crippen LogP contribution in [0.3, 0.4) is 0 Å². The number of hydrogen-bond acceptors (Lipinski definition) is 7. The number of hydrogen-bond donors (Lipinski definition) is 7. The molecule has 8 N–H and O–H groups in total. The number of aromatic amines is 1. The van der Waals surface area contributed by atoms with Gasteiger partial charge < -0.3 is 37.1 Å². The molecule has 0 bridgehead atoms. The van der Waals surface area contributed by atoms with E-state index in [1.165, 1.54) is 11.8 Å². The van der Waals surface area contributed by atoms with Gasteiger partial charge in [-0.15, -0.1) is 0 Å². The second-order valence-corrected chi connectivity index (χ2v) is 10.8. The van der Waals surface area contributed by atoms with E-state index in [1.54, 1.807) is 6.20 Å². The monoisotopic (exact) mass is 560 g/mol. The van der Waals surface area contributed by atoms with E-state index >= 15 is 0 Å². The minimum absolute atomic E-state index is 0.143. The molecule has 0 saturated carbocycles. The first kappa shape index (κ1) is 30.5. The molecule has 0 aliphatic carbocycles. The zero-order valence-electron chi connectivity index (χ0n) is 22.3. The number of carboxylic acids is 1. The Hall–Kier alpha value is -3.09. The third-order valence-corrected chi connectivity index (χ3v) is 7.56. The van der Waals surface area contributed by atoms with Crippen molar-refractivity contribution in [2.75, 3.05) is 25.1 Å². The molecular weight excluding hydrogens is 520 g/mol. The number of benzene rings is 1. The van der Waals surface area contributed by atoms with E-state index in [0.717, 1.165) is 29.4 Å². The molecule has 1 saturated heterocycles. The van der Waals surface area contributed by atoms with Crippen molar-refractivity contribution in [1.82, 2.24) is 26.3 Å². The second-order valence-electron chi connectivity index (χ2n) is 9.80. The summed E-state index contributed by atoms with van der Waals surface area (Å²) in [7, 11) is 0. The number of nitrogens with one attached hydrogen (secondary N) is 5. The summed E-state index contributed by atoms with van der Waals surface area (Å²) in [5, 5.41) is 21.9. The van der Waals surface area contributed by atoms with Gasteiger partial charge in [0.05, 0.1) is 6.04 Å². The van der Waals surface area contributed by atoms with Crippen LogP contribution >= 0.6 is 11.8 Å². The van der Waals surface area contributed by atoms with Crippen molar-refractivity contribution in [3.63, 3.8) is 0 Å². The molecule has 2 aromatic rings. The molecule has 1 aromatic heterocycles. The quantitative estimate of drug-likeness (QED) is 0.148. The van der Waals surface area contributed by atoms with Gasteiger partial charge in [-0.3, -0.25) is 14.4 Å². The molecule has 4 atom stereocenters. The summed E-state index contributed by atoms with van der Waals surface area (Å²) in [6.45, 7) is 1.21. The number of nitrogens with two attached hydrogens (primary N) is 1. The summed E-state index contributed by atoms with van der Waals surface area (Å²) in [6.07, 6.45) is 7.31. The van der Waals surface area contributed by atoms with E-state index in [9.17, 15) is 24.3 Å². The first-order valence-corrected chi connectivity index (χ1v) is 14.8. The third kappa shape index (κ3) is 8.97. The Bertz CT molecular complexity index is 1120. The minimum atomic E-state index is -1.13. The van der Waals surface area contributed by atoms with Crippen LogP contribution in [0.1, 0.15) is 44.1 Å². The largest absolute Gasteiger partial charge is 0.480 e. The molecule has 1 aliphatic heterocycles. The fraction of sp³-hybridized carbons (Fsp3) is 0.556. The van der Waals surface area contributed by atoms with E-state index in [1.807, 2.05) is 30.5 Å². The number of aromatic nitrogens is 1. The number of H-pyrrole nitrogens is 1. The number of thioether (sulfide) groups is 1. The lowest BCUT2D eigenvalue weighted by Crippen LogP contribution is -2.57. The number of carboxylic acid groups (broad SMARTS) is 1. The van der Waals surface area contributed by atoms with Crippen LogP contribution in [0.5, 0.6) is 0 Å². The molecule has 0 radical (unpaired) electrons. The fourth-order valence-corrected chi connectivity index (χ4v) is 5.18. The van der Waals surface area contributed by atoms with Gasteiger partial charge in [-0.1, -0.05) is 18.2 Å². The van der Waals surface area contributed by atoms with Crippen molar-refractivity contribution in [2.24, 2.45) is 5.73 Å². The molecule has 1 aliphatic rings. The maximum Gasteiger partial charge on any atom is 0.326 e. The normalized spacial score (nSPS) is 17.3. The molecule has 1 aromatic carbocycles. The summed E-state index contributed by atoms with van der Waals surface area (Å²) < 4.78 is 0. The van der Waals surface area contributed by atoms with Crippen molar-refractivity contribution < 1.29 is 24.3 Å². The molecule has 3 rings (SSSR count). The number of unbranched alkanes of at least 4 members (excludes halogenated alkanes) is 1. The van der Waals surface area contributed by atoms with E-state index in [-0.39, 0.29) is 24.8 Å². The van der Waals surface area contributed by atoms with Crippen LogP contribution in [-0.4, -0.2) is 83.0 Å². The first-order chi connectivity index (χ1) is 18.8. The first-order valence-electron chi connectivity index (χ1n) is 13.4. The smallest absolute Gasteiger partial charge is 0.326 e. The van der Waals surface area contributed by atoms with Crippen molar-refractivity contribution >= 4 is 46.4 Å². The summed E-state index contributed by atoms with van der Waals surface area (Å²) in [5.41, 5.74) is 7.33. The van der Waals surface area contributed by atoms with Crippen LogP contribution in [0, 0.1) is 0 Å². The molecule has 0 spiro atoms. The van der Waals surface area contributed by atoms with Gasteiger partial charge in [0.2, 0.25) is 17.7 Å². The molecule has 39 heavy (non-hydrogen) atoms. The number of aliphatic carboxylic acids is 1. The highest BCUT2D eigenvalue weighted by Crippen LogP contribution is 2.19. The molecule has 4 unspecified atom stereocenters. The van der Waals surface area contributed by atoms with Crippen LogP contribution in [0.2, 0.25) is 0 Å². The van der Waals surface area contributed by atoms with Crippen molar-refractivity contribution in [2.45, 2.75) is 69.1 Å². The topological polar surface area (TPSA) is 178 Å². The second kappa shape index (κ2) is 15.5. The average molecular weight is 561 g/mol. The fourth-order valence-electron chi connectivity index (χ4n) is 4.71. The number of carbonyl (C=O) groups excluding carboxylic acids is 3. The molecule has 12 heteroatoms. The summed E-state index contributed by atoms with van der Waals surface area (Å²) in [6, 6.07) is 4.27. The zero-order chi connectivity index (χ0) is 28.2. The lowest BCUT2D eigenvalue weighted by Gasteiger charge is -2.25. The standard InChI is InChI=1S/C27H40N6O5S/c1-39-14-11-22(27(37)38)32-26(36)23(15-17-16-30-19-8-3-2-7-18(17)19)33-25(35)21(9-4-5-12-28)31-24(34)20-10-6-13-29-20/h2-3,7-8,16,20-23,29-30H,4-6,9-15,28H2,1H3,(H,31,34)(H,32,36)(H,33,35)(H,37,38). The van der Waals surface area contributed by atoms with Crippen molar-refractivity contribution in [3.05, 3.63) is 36.0 Å². The van der Waals surface area contributed by atoms with Crippen LogP contribution < -0.4 is 27.0 Å². The number of carbonyl (C=O) groups is 4. The molecule has 3 amide bonds. The van der Waals surface area contributed by atoms with E-state index < -0.39 is 35.9 Å². The van der Waals surface area contributed by atoms with Gasteiger partial charge in [0, 0.05) is 23.5 Å². The summed E-state index contributed by atoms with van der Waals surface area (Å²) >= 11 is 1.49. The van der Waals surface area contributed by atoms with Gasteiger partial charge in [-0.2, -0.15) is 11.8 Å². The highest BCUT2D eigenvalue weighted by Gasteiger charge is 2.31. The predicted octanol–water partition coefficient (Wildman–Crippen LogP) is 0.884. The zero-order valence-corrected chi connectivity index (χ0v) is 23.1.